The van der Waals surface area contributed by atoms with Crippen LogP contribution < -0.4 is 0 Å². The molecule has 5 aliphatic carbocycles. The maximum atomic E-state index is 11.8. The van der Waals surface area contributed by atoms with Crippen molar-refractivity contribution in [1.29, 1.82) is 0 Å². The minimum Gasteiger partial charge on any atom is -0.384 e. The molecule has 5 saturated carbocycles. The summed E-state index contributed by atoms with van der Waals surface area (Å²) in [6.07, 6.45) is 1.40. The van der Waals surface area contributed by atoms with Gasteiger partial charge in [0.15, 0.2) is 0 Å². The molecule has 0 unspecified atom stereocenters. The molecule has 104 valence electrons. The zero-order valence-corrected chi connectivity index (χ0v) is 13.1. The van der Waals surface area contributed by atoms with Crippen LogP contribution in [0.15, 0.2) is 30.3 Å². The Kier molecular flexibility index (Phi) is 1.64. The molecule has 20 heavy (non-hydrogen) atoms. The summed E-state index contributed by atoms with van der Waals surface area (Å²) < 4.78 is 0.235. The molecule has 2 bridgehead atoms. The number of alkyl halides is 1. The van der Waals surface area contributed by atoms with Crippen LogP contribution in [0.3, 0.4) is 0 Å². The molecule has 1 N–H and O–H groups in total. The number of fused-ring (bicyclic) bond motifs is 2. The molecule has 0 amide bonds. The third-order valence-electron chi connectivity index (χ3n) is 8.15. The third kappa shape index (κ3) is 0.772. The number of rotatable bonds is 1. The molecule has 1 aromatic carbocycles. The maximum Gasteiger partial charge on any atom is 0.0974 e. The summed E-state index contributed by atoms with van der Waals surface area (Å²) in [4.78, 5) is 0. The Morgan fingerprint density at radius 3 is 2.55 bits per heavy atom. The van der Waals surface area contributed by atoms with Gasteiger partial charge in [-0.15, -0.1) is 0 Å². The molecule has 10 atom stereocenters. The van der Waals surface area contributed by atoms with Gasteiger partial charge in [0.1, 0.15) is 0 Å². The topological polar surface area (TPSA) is 20.2 Å². The third-order valence-corrected chi connectivity index (χ3v) is 9.90. The van der Waals surface area contributed by atoms with Gasteiger partial charge in [0, 0.05) is 10.2 Å². The number of hydrogen-bond donors (Lipinski definition) is 1. The first-order valence-electron chi connectivity index (χ1n) is 8.08. The Balaban J connectivity index is 1.63. The normalized spacial score (nSPS) is 67.0. The second-order valence-electron chi connectivity index (χ2n) is 8.05. The Morgan fingerprint density at radius 1 is 1.10 bits per heavy atom. The minimum absolute atomic E-state index is 0.235. The molecule has 0 saturated heterocycles. The van der Waals surface area contributed by atoms with Gasteiger partial charge in [-0.25, -0.2) is 0 Å². The van der Waals surface area contributed by atoms with Crippen LogP contribution in [0.4, 0.5) is 0 Å². The Labute approximate surface area is 127 Å². The zero-order valence-electron chi connectivity index (χ0n) is 11.5. The highest BCUT2D eigenvalue weighted by Crippen LogP contribution is 2.91. The van der Waals surface area contributed by atoms with Crippen molar-refractivity contribution in [3.05, 3.63) is 35.9 Å². The highest BCUT2D eigenvalue weighted by Gasteiger charge is 2.91. The SMILES string of the molecule is C[C@@H]1[C@@H]2[C@H]3C[C@H]4[C@@H]5[C@@H]3[C@]1(Br)[C@@H]5[C@](O)(c1ccccc1)[C@H]42. The summed E-state index contributed by atoms with van der Waals surface area (Å²) >= 11 is 4.16. The van der Waals surface area contributed by atoms with Gasteiger partial charge in [-0.2, -0.15) is 0 Å². The summed E-state index contributed by atoms with van der Waals surface area (Å²) in [6, 6.07) is 10.6. The van der Waals surface area contributed by atoms with Crippen molar-refractivity contribution in [2.75, 3.05) is 0 Å². The second-order valence-corrected chi connectivity index (χ2v) is 9.43. The van der Waals surface area contributed by atoms with E-state index in [0.29, 0.717) is 11.8 Å². The molecule has 5 aliphatic rings. The fourth-order valence-corrected chi connectivity index (χ4v) is 9.67. The predicted molar refractivity (Wildman–Crippen MR) is 80.2 cm³/mol. The first-order chi connectivity index (χ1) is 9.61. The van der Waals surface area contributed by atoms with Gasteiger partial charge in [-0.05, 0) is 53.4 Å². The molecule has 1 aromatic rings. The van der Waals surface area contributed by atoms with Crippen LogP contribution in [0.5, 0.6) is 0 Å². The van der Waals surface area contributed by atoms with Crippen LogP contribution >= 0.6 is 15.9 Å². The summed E-state index contributed by atoms with van der Waals surface area (Å²) in [5.74, 6) is 5.87. The van der Waals surface area contributed by atoms with E-state index >= 15 is 0 Å². The Hall–Kier alpha value is -0.340. The van der Waals surface area contributed by atoms with E-state index < -0.39 is 5.60 Å². The van der Waals surface area contributed by atoms with E-state index in [1.54, 1.807) is 0 Å². The van der Waals surface area contributed by atoms with Crippen LogP contribution in [0, 0.1) is 47.3 Å². The van der Waals surface area contributed by atoms with Crippen molar-refractivity contribution < 1.29 is 5.11 Å². The van der Waals surface area contributed by atoms with Crippen molar-refractivity contribution in [1.82, 2.24) is 0 Å². The molecule has 0 spiro atoms. The fraction of sp³-hybridized carbons (Fsp3) is 0.667. The number of halogens is 1. The van der Waals surface area contributed by atoms with Crippen LogP contribution in [0.25, 0.3) is 0 Å². The fourth-order valence-electron chi connectivity index (χ4n) is 8.06. The van der Waals surface area contributed by atoms with E-state index in [0.717, 1.165) is 35.5 Å². The van der Waals surface area contributed by atoms with Crippen molar-refractivity contribution in [2.24, 2.45) is 47.3 Å². The lowest BCUT2D eigenvalue weighted by Crippen LogP contribution is -2.64. The number of aliphatic hydroxyl groups is 1. The lowest BCUT2D eigenvalue weighted by Gasteiger charge is -2.60. The van der Waals surface area contributed by atoms with Crippen LogP contribution in [0.2, 0.25) is 0 Å². The minimum atomic E-state index is -0.557. The lowest BCUT2D eigenvalue weighted by atomic mass is 9.52. The molecule has 6 rings (SSSR count). The van der Waals surface area contributed by atoms with Gasteiger partial charge in [0.05, 0.1) is 5.60 Å². The molecule has 0 aromatic heterocycles. The summed E-state index contributed by atoms with van der Waals surface area (Å²) in [6.45, 7) is 2.45. The smallest absolute Gasteiger partial charge is 0.0974 e. The van der Waals surface area contributed by atoms with Gasteiger partial charge in [-0.3, -0.25) is 0 Å². The van der Waals surface area contributed by atoms with Gasteiger partial charge in [-0.1, -0.05) is 53.2 Å². The van der Waals surface area contributed by atoms with Crippen molar-refractivity contribution >= 4 is 15.9 Å². The predicted octanol–water partition coefficient (Wildman–Crippen LogP) is 3.42. The largest absolute Gasteiger partial charge is 0.384 e. The molecule has 0 radical (unpaired) electrons. The van der Waals surface area contributed by atoms with E-state index in [4.69, 9.17) is 0 Å². The first kappa shape index (κ1) is 11.3. The second kappa shape index (κ2) is 2.92. The highest BCUT2D eigenvalue weighted by molar-refractivity contribution is 9.10. The standard InChI is InChI=1S/C18H19BrO/c1-8-12-10-7-11-13-14(10)17(8,19)16(13)18(20,15(11)12)9-5-3-2-4-6-9/h2-6,8,10-16,20H,7H2,1H3/t8-,10-,11+,12-,13-,14-,15-,16-,17+,18+/m1/s1. The summed E-state index contributed by atoms with van der Waals surface area (Å²) in [5.41, 5.74) is 0.628. The first-order valence-corrected chi connectivity index (χ1v) is 8.87. The van der Waals surface area contributed by atoms with Crippen molar-refractivity contribution in [2.45, 2.75) is 23.3 Å². The molecule has 0 heterocycles. The molecular weight excluding hydrogens is 312 g/mol. The van der Waals surface area contributed by atoms with E-state index in [9.17, 15) is 5.11 Å². The van der Waals surface area contributed by atoms with Gasteiger partial charge < -0.3 is 5.11 Å². The molecular formula is C18H19BrO. The van der Waals surface area contributed by atoms with Crippen LogP contribution in [-0.4, -0.2) is 9.43 Å². The van der Waals surface area contributed by atoms with E-state index in [1.165, 1.54) is 12.0 Å². The van der Waals surface area contributed by atoms with Crippen LogP contribution in [-0.2, 0) is 5.60 Å². The summed E-state index contributed by atoms with van der Waals surface area (Å²) in [7, 11) is 0. The van der Waals surface area contributed by atoms with E-state index in [1.807, 2.05) is 0 Å². The average molecular weight is 331 g/mol. The summed E-state index contributed by atoms with van der Waals surface area (Å²) in [5, 5.41) is 11.8. The Morgan fingerprint density at radius 2 is 1.80 bits per heavy atom. The van der Waals surface area contributed by atoms with Crippen molar-refractivity contribution in [3.63, 3.8) is 0 Å². The number of benzene rings is 1. The molecule has 1 nitrogen and oxygen atoms in total. The monoisotopic (exact) mass is 330 g/mol. The molecule has 0 aliphatic heterocycles. The van der Waals surface area contributed by atoms with Crippen molar-refractivity contribution in [3.8, 4) is 0 Å². The zero-order chi connectivity index (χ0) is 13.4. The van der Waals surface area contributed by atoms with E-state index in [-0.39, 0.29) is 4.32 Å². The van der Waals surface area contributed by atoms with Gasteiger partial charge >= 0.3 is 0 Å². The maximum absolute atomic E-state index is 11.8. The van der Waals surface area contributed by atoms with Gasteiger partial charge in [0.25, 0.3) is 0 Å². The lowest BCUT2D eigenvalue weighted by molar-refractivity contribution is -0.136. The quantitative estimate of drug-likeness (QED) is 0.782. The van der Waals surface area contributed by atoms with Crippen LogP contribution in [0.1, 0.15) is 18.9 Å². The molecule has 5 fully saturated rings. The number of hydrogen-bond acceptors (Lipinski definition) is 1. The molecule has 2 heteroatoms. The average Bonchev–Trinajstić information content (AvgIpc) is 3.01. The van der Waals surface area contributed by atoms with Gasteiger partial charge in [0.2, 0.25) is 0 Å². The van der Waals surface area contributed by atoms with E-state index in [2.05, 4.69) is 53.2 Å². The Bertz CT molecular complexity index is 628. The highest BCUT2D eigenvalue weighted by atomic mass is 79.9.